The van der Waals surface area contributed by atoms with Crippen LogP contribution in [0.3, 0.4) is 0 Å². The third-order valence-corrected chi connectivity index (χ3v) is 3.45. The van der Waals surface area contributed by atoms with Crippen molar-refractivity contribution in [3.63, 3.8) is 0 Å². The third kappa shape index (κ3) is 4.04. The first-order chi connectivity index (χ1) is 9.70. The van der Waals surface area contributed by atoms with Gasteiger partial charge >= 0.3 is 0 Å². The summed E-state index contributed by atoms with van der Waals surface area (Å²) in [5.74, 6) is 0. The van der Waals surface area contributed by atoms with Crippen molar-refractivity contribution in [2.45, 2.75) is 26.0 Å². The van der Waals surface area contributed by atoms with Crippen molar-refractivity contribution in [2.24, 2.45) is 0 Å². The second kappa shape index (κ2) is 7.39. The Morgan fingerprint density at radius 1 is 1.15 bits per heavy atom. The molecule has 108 valence electrons. The lowest BCUT2D eigenvalue weighted by Gasteiger charge is -2.18. The maximum Gasteiger partial charge on any atom is 0.0897 e. The number of hydrogen-bond acceptors (Lipinski definition) is 3. The van der Waals surface area contributed by atoms with Gasteiger partial charge in [-0.2, -0.15) is 0 Å². The molecule has 3 nitrogen and oxygen atoms in total. The highest BCUT2D eigenvalue weighted by Gasteiger charge is 2.09. The highest BCUT2D eigenvalue weighted by Crippen LogP contribution is 2.20. The number of benzene rings is 2. The predicted molar refractivity (Wildman–Crippen MR) is 82.9 cm³/mol. The molecule has 0 aliphatic carbocycles. The van der Waals surface area contributed by atoms with Crippen molar-refractivity contribution in [3.05, 3.63) is 48.0 Å². The number of aliphatic hydroxyl groups excluding tert-OH is 1. The van der Waals surface area contributed by atoms with E-state index in [2.05, 4.69) is 48.6 Å². The largest absolute Gasteiger partial charge is 0.389 e. The van der Waals surface area contributed by atoms with Crippen LogP contribution in [0.2, 0.25) is 0 Å². The Bertz CT molecular complexity index is 541. The maximum absolute atomic E-state index is 9.76. The Hall–Kier alpha value is -1.42. The smallest absolute Gasteiger partial charge is 0.0897 e. The van der Waals surface area contributed by atoms with Crippen molar-refractivity contribution in [1.82, 2.24) is 5.32 Å². The molecule has 0 bridgehead atoms. The van der Waals surface area contributed by atoms with Gasteiger partial charge in [0, 0.05) is 19.2 Å². The average molecular weight is 273 g/mol. The first kappa shape index (κ1) is 15.0. The number of aliphatic hydroxyl groups is 1. The van der Waals surface area contributed by atoms with E-state index in [-0.39, 0.29) is 6.04 Å². The van der Waals surface area contributed by atoms with Crippen LogP contribution in [0.4, 0.5) is 0 Å². The molecule has 0 heterocycles. The Kier molecular flexibility index (Phi) is 5.53. The van der Waals surface area contributed by atoms with Crippen LogP contribution in [0, 0.1) is 0 Å². The Balaban J connectivity index is 1.95. The van der Waals surface area contributed by atoms with Crippen LogP contribution in [-0.4, -0.2) is 31.0 Å². The summed E-state index contributed by atoms with van der Waals surface area (Å²) in [6.45, 7) is 5.59. The van der Waals surface area contributed by atoms with Crippen LogP contribution in [0.15, 0.2) is 42.5 Å². The molecular weight excluding hydrogens is 250 g/mol. The maximum atomic E-state index is 9.76. The van der Waals surface area contributed by atoms with Crippen LogP contribution in [-0.2, 0) is 4.74 Å². The van der Waals surface area contributed by atoms with E-state index < -0.39 is 6.10 Å². The molecule has 2 aromatic carbocycles. The molecule has 0 fully saturated rings. The highest BCUT2D eigenvalue weighted by atomic mass is 16.5. The zero-order valence-electron chi connectivity index (χ0n) is 12.2. The lowest BCUT2D eigenvalue weighted by atomic mass is 10.0. The van der Waals surface area contributed by atoms with Gasteiger partial charge in [0.25, 0.3) is 0 Å². The van der Waals surface area contributed by atoms with Crippen molar-refractivity contribution >= 4 is 10.8 Å². The summed E-state index contributed by atoms with van der Waals surface area (Å²) in [4.78, 5) is 0. The molecule has 0 aliphatic heterocycles. The van der Waals surface area contributed by atoms with Crippen molar-refractivity contribution in [2.75, 3.05) is 19.8 Å². The summed E-state index contributed by atoms with van der Waals surface area (Å²) in [6, 6.07) is 15.0. The fourth-order valence-electron chi connectivity index (χ4n) is 2.22. The van der Waals surface area contributed by atoms with Crippen LogP contribution < -0.4 is 5.32 Å². The van der Waals surface area contributed by atoms with Gasteiger partial charge in [-0.05, 0) is 36.2 Å². The summed E-state index contributed by atoms with van der Waals surface area (Å²) in [5.41, 5.74) is 1.23. The molecule has 0 aromatic heterocycles. The van der Waals surface area contributed by atoms with Gasteiger partial charge in [-0.3, -0.25) is 0 Å². The standard InChI is InChI=1S/C17H23NO2/c1-3-20-12-17(19)11-18-13(2)15-9-8-14-6-4-5-7-16(14)10-15/h4-10,13,17-19H,3,11-12H2,1-2H3. The second-order valence-corrected chi connectivity index (χ2v) is 5.05. The zero-order valence-corrected chi connectivity index (χ0v) is 12.2. The average Bonchev–Trinajstić information content (AvgIpc) is 2.50. The molecule has 0 saturated carbocycles. The van der Waals surface area contributed by atoms with E-state index in [9.17, 15) is 5.11 Å². The molecule has 3 heteroatoms. The van der Waals surface area contributed by atoms with Gasteiger partial charge in [-0.1, -0.05) is 36.4 Å². The van der Waals surface area contributed by atoms with E-state index in [4.69, 9.17) is 4.74 Å². The van der Waals surface area contributed by atoms with Gasteiger partial charge in [-0.15, -0.1) is 0 Å². The Morgan fingerprint density at radius 3 is 2.65 bits per heavy atom. The third-order valence-electron chi connectivity index (χ3n) is 3.45. The molecule has 0 spiro atoms. The fourth-order valence-corrected chi connectivity index (χ4v) is 2.22. The molecule has 2 atom stereocenters. The molecule has 0 aliphatic rings. The van der Waals surface area contributed by atoms with Crippen LogP contribution >= 0.6 is 0 Å². The van der Waals surface area contributed by atoms with E-state index in [0.717, 1.165) is 0 Å². The lowest BCUT2D eigenvalue weighted by molar-refractivity contribution is 0.0416. The summed E-state index contributed by atoms with van der Waals surface area (Å²) in [7, 11) is 0. The van der Waals surface area contributed by atoms with E-state index in [1.807, 2.05) is 13.0 Å². The SMILES string of the molecule is CCOCC(O)CNC(C)c1ccc2ccccc2c1. The summed E-state index contributed by atoms with van der Waals surface area (Å²) in [6.07, 6.45) is -0.460. The fraction of sp³-hybridized carbons (Fsp3) is 0.412. The van der Waals surface area contributed by atoms with Crippen LogP contribution in [0.1, 0.15) is 25.5 Å². The minimum absolute atomic E-state index is 0.205. The molecule has 2 unspecified atom stereocenters. The quantitative estimate of drug-likeness (QED) is 0.815. The number of nitrogens with one attached hydrogen (secondary N) is 1. The minimum atomic E-state index is -0.460. The van der Waals surface area contributed by atoms with Gasteiger partial charge in [0.1, 0.15) is 0 Å². The number of fused-ring (bicyclic) bond motifs is 1. The first-order valence-electron chi connectivity index (χ1n) is 7.18. The molecule has 20 heavy (non-hydrogen) atoms. The van der Waals surface area contributed by atoms with E-state index in [0.29, 0.717) is 19.8 Å². The van der Waals surface area contributed by atoms with Gasteiger partial charge in [-0.25, -0.2) is 0 Å². The highest BCUT2D eigenvalue weighted by molar-refractivity contribution is 5.83. The zero-order chi connectivity index (χ0) is 14.4. The van der Waals surface area contributed by atoms with Gasteiger partial charge in [0.2, 0.25) is 0 Å². The summed E-state index contributed by atoms with van der Waals surface area (Å²) < 4.78 is 5.20. The number of rotatable bonds is 7. The lowest BCUT2D eigenvalue weighted by Crippen LogP contribution is -2.32. The predicted octanol–water partition coefficient (Wildman–Crippen LogP) is 2.89. The van der Waals surface area contributed by atoms with Gasteiger partial charge in [0.05, 0.1) is 12.7 Å². The Labute approximate surface area is 120 Å². The molecule has 0 amide bonds. The van der Waals surface area contributed by atoms with Crippen molar-refractivity contribution in [3.8, 4) is 0 Å². The van der Waals surface area contributed by atoms with Crippen molar-refractivity contribution in [1.29, 1.82) is 0 Å². The molecule has 2 N–H and O–H groups in total. The Morgan fingerprint density at radius 2 is 1.90 bits per heavy atom. The molecule has 0 radical (unpaired) electrons. The molecule has 0 saturated heterocycles. The molecule has 2 aromatic rings. The first-order valence-corrected chi connectivity index (χ1v) is 7.18. The van der Waals surface area contributed by atoms with E-state index in [1.165, 1.54) is 16.3 Å². The normalized spacial score (nSPS) is 14.3. The van der Waals surface area contributed by atoms with Gasteiger partial charge in [0.15, 0.2) is 0 Å². The molecule has 2 rings (SSSR count). The van der Waals surface area contributed by atoms with Crippen LogP contribution in [0.5, 0.6) is 0 Å². The van der Waals surface area contributed by atoms with Gasteiger partial charge < -0.3 is 15.2 Å². The molecular formula is C17H23NO2. The second-order valence-electron chi connectivity index (χ2n) is 5.05. The van der Waals surface area contributed by atoms with E-state index in [1.54, 1.807) is 0 Å². The number of ether oxygens (including phenoxy) is 1. The topological polar surface area (TPSA) is 41.5 Å². The monoisotopic (exact) mass is 273 g/mol. The number of hydrogen-bond donors (Lipinski definition) is 2. The summed E-state index contributed by atoms with van der Waals surface area (Å²) >= 11 is 0. The minimum Gasteiger partial charge on any atom is -0.389 e. The van der Waals surface area contributed by atoms with Crippen molar-refractivity contribution < 1.29 is 9.84 Å². The van der Waals surface area contributed by atoms with E-state index >= 15 is 0 Å². The van der Waals surface area contributed by atoms with Crippen LogP contribution in [0.25, 0.3) is 10.8 Å². The summed E-state index contributed by atoms with van der Waals surface area (Å²) in [5, 5.41) is 15.6.